The molecule has 1 fully saturated rings. The van der Waals surface area contributed by atoms with Gasteiger partial charge in [0.25, 0.3) is 0 Å². The minimum atomic E-state index is -3.06. The van der Waals surface area contributed by atoms with Crippen LogP contribution in [0.25, 0.3) is 0 Å². The number of piperidine rings is 1. The van der Waals surface area contributed by atoms with Crippen molar-refractivity contribution in [2.45, 2.75) is 19.3 Å². The lowest BCUT2D eigenvalue weighted by atomic mass is 9.98. The summed E-state index contributed by atoms with van der Waals surface area (Å²) in [4.78, 5) is 4.24. The first-order chi connectivity index (χ1) is 11.9. The molecule has 0 amide bonds. The Kier molecular flexibility index (Phi) is 10.2. The molecule has 1 aliphatic heterocycles. The summed E-state index contributed by atoms with van der Waals surface area (Å²) in [6, 6.07) is 7.83. The maximum atomic E-state index is 11.5. The highest BCUT2D eigenvalue weighted by Gasteiger charge is 2.24. The van der Waals surface area contributed by atoms with Crippen molar-refractivity contribution in [3.63, 3.8) is 0 Å². The number of sulfonamides is 1. The standard InChI is InChI=1S/C17H27ClN4O2S.HI/c1-19-17(20-10-7-15-5-3-4-6-16(15)18)21-13-14-8-11-22(12-9-14)25(2,23)24;/h3-6,14H,7-13H2,1-2H3,(H2,19,20,21);1H. The number of benzene rings is 1. The monoisotopic (exact) mass is 514 g/mol. The molecule has 1 heterocycles. The fourth-order valence-electron chi connectivity index (χ4n) is 2.92. The average Bonchev–Trinajstić information content (AvgIpc) is 2.59. The molecular weight excluding hydrogens is 487 g/mol. The van der Waals surface area contributed by atoms with Crippen molar-refractivity contribution in [1.82, 2.24) is 14.9 Å². The van der Waals surface area contributed by atoms with Crippen LogP contribution in [-0.2, 0) is 16.4 Å². The van der Waals surface area contributed by atoms with Crippen LogP contribution < -0.4 is 10.6 Å². The van der Waals surface area contributed by atoms with Crippen LogP contribution >= 0.6 is 35.6 Å². The zero-order valence-corrected chi connectivity index (χ0v) is 19.1. The predicted octanol–water partition coefficient (Wildman–Crippen LogP) is 2.34. The fourth-order valence-corrected chi connectivity index (χ4v) is 4.03. The molecule has 9 heteroatoms. The molecule has 1 saturated heterocycles. The largest absolute Gasteiger partial charge is 0.356 e. The molecule has 1 aromatic carbocycles. The van der Waals surface area contributed by atoms with Gasteiger partial charge in [0.15, 0.2) is 5.96 Å². The lowest BCUT2D eigenvalue weighted by Gasteiger charge is -2.30. The zero-order valence-electron chi connectivity index (χ0n) is 15.2. The molecule has 26 heavy (non-hydrogen) atoms. The molecule has 1 aromatic rings. The number of rotatable bonds is 6. The summed E-state index contributed by atoms with van der Waals surface area (Å²) < 4.78 is 24.6. The number of halogens is 2. The van der Waals surface area contributed by atoms with Gasteiger partial charge >= 0.3 is 0 Å². The Morgan fingerprint density at radius 2 is 1.92 bits per heavy atom. The predicted molar refractivity (Wildman–Crippen MR) is 119 cm³/mol. The van der Waals surface area contributed by atoms with Crippen molar-refractivity contribution in [2.24, 2.45) is 10.9 Å². The van der Waals surface area contributed by atoms with Crippen molar-refractivity contribution in [2.75, 3.05) is 39.5 Å². The molecular formula is C17H28ClIN4O2S. The van der Waals surface area contributed by atoms with Crippen molar-refractivity contribution < 1.29 is 8.42 Å². The number of hydrogen-bond donors (Lipinski definition) is 2. The van der Waals surface area contributed by atoms with Crippen molar-refractivity contribution >= 4 is 51.6 Å². The highest BCUT2D eigenvalue weighted by molar-refractivity contribution is 14.0. The van der Waals surface area contributed by atoms with E-state index in [1.165, 1.54) is 6.26 Å². The van der Waals surface area contributed by atoms with Crippen molar-refractivity contribution in [3.05, 3.63) is 34.9 Å². The van der Waals surface area contributed by atoms with E-state index in [1.807, 2.05) is 24.3 Å². The minimum Gasteiger partial charge on any atom is -0.356 e. The molecule has 0 aliphatic carbocycles. The Morgan fingerprint density at radius 1 is 1.27 bits per heavy atom. The Morgan fingerprint density at radius 3 is 2.50 bits per heavy atom. The Labute approximate surface area is 178 Å². The molecule has 6 nitrogen and oxygen atoms in total. The van der Waals surface area contributed by atoms with Crippen LogP contribution in [0.3, 0.4) is 0 Å². The molecule has 0 saturated carbocycles. The van der Waals surface area contributed by atoms with E-state index in [-0.39, 0.29) is 24.0 Å². The van der Waals surface area contributed by atoms with Gasteiger partial charge in [-0.2, -0.15) is 0 Å². The van der Waals surface area contributed by atoms with E-state index in [4.69, 9.17) is 11.6 Å². The second kappa shape index (κ2) is 11.3. The Hall–Kier alpha value is -0.580. The topological polar surface area (TPSA) is 73.8 Å². The minimum absolute atomic E-state index is 0. The summed E-state index contributed by atoms with van der Waals surface area (Å²) in [5.74, 6) is 1.22. The zero-order chi connectivity index (χ0) is 18.3. The van der Waals surface area contributed by atoms with Crippen LogP contribution in [0.1, 0.15) is 18.4 Å². The van der Waals surface area contributed by atoms with Gasteiger partial charge in [0.2, 0.25) is 10.0 Å². The van der Waals surface area contributed by atoms with E-state index in [2.05, 4.69) is 15.6 Å². The number of nitrogens with one attached hydrogen (secondary N) is 2. The third kappa shape index (κ3) is 7.58. The molecule has 0 radical (unpaired) electrons. The van der Waals surface area contributed by atoms with E-state index in [0.29, 0.717) is 19.0 Å². The van der Waals surface area contributed by atoms with E-state index in [9.17, 15) is 8.42 Å². The first-order valence-corrected chi connectivity index (χ1v) is 10.8. The first kappa shape index (κ1) is 23.5. The number of nitrogens with zero attached hydrogens (tertiary/aromatic N) is 2. The molecule has 2 N–H and O–H groups in total. The summed E-state index contributed by atoms with van der Waals surface area (Å²) in [5.41, 5.74) is 1.11. The maximum absolute atomic E-state index is 11.5. The fraction of sp³-hybridized carbons (Fsp3) is 0.588. The van der Waals surface area contributed by atoms with Crippen LogP contribution in [0.2, 0.25) is 5.02 Å². The molecule has 0 aromatic heterocycles. The summed E-state index contributed by atoms with van der Waals surface area (Å²) >= 11 is 6.16. The summed E-state index contributed by atoms with van der Waals surface area (Å²) in [6.07, 6.45) is 3.84. The van der Waals surface area contributed by atoms with Gasteiger partial charge < -0.3 is 10.6 Å². The smallest absolute Gasteiger partial charge is 0.211 e. The third-order valence-electron chi connectivity index (χ3n) is 4.47. The molecule has 0 spiro atoms. The van der Waals surface area contributed by atoms with Gasteiger partial charge in [0.1, 0.15) is 0 Å². The number of aliphatic imine (C=N–C) groups is 1. The summed E-state index contributed by atoms with van der Waals surface area (Å²) in [6.45, 7) is 2.74. The van der Waals surface area contributed by atoms with Gasteiger partial charge in [0, 0.05) is 38.2 Å². The molecule has 0 atom stereocenters. The molecule has 148 valence electrons. The molecule has 1 aliphatic rings. The van der Waals surface area contributed by atoms with Crippen LogP contribution in [0.5, 0.6) is 0 Å². The second-order valence-electron chi connectivity index (χ2n) is 6.33. The van der Waals surface area contributed by atoms with Crippen LogP contribution in [0.15, 0.2) is 29.3 Å². The lowest BCUT2D eigenvalue weighted by Crippen LogP contribution is -2.44. The Bertz CT molecular complexity index is 692. The van der Waals surface area contributed by atoms with Gasteiger partial charge in [-0.1, -0.05) is 29.8 Å². The van der Waals surface area contributed by atoms with Crippen molar-refractivity contribution in [3.8, 4) is 0 Å². The van der Waals surface area contributed by atoms with E-state index >= 15 is 0 Å². The molecule has 0 unspecified atom stereocenters. The Balaban J connectivity index is 0.00000338. The van der Waals surface area contributed by atoms with Crippen LogP contribution in [0, 0.1) is 5.92 Å². The van der Waals surface area contributed by atoms with Gasteiger partial charge in [-0.15, -0.1) is 24.0 Å². The maximum Gasteiger partial charge on any atom is 0.211 e. The van der Waals surface area contributed by atoms with Crippen LogP contribution in [-0.4, -0.2) is 58.2 Å². The average molecular weight is 515 g/mol. The highest BCUT2D eigenvalue weighted by Crippen LogP contribution is 2.18. The van der Waals surface area contributed by atoms with E-state index in [0.717, 1.165) is 48.9 Å². The highest BCUT2D eigenvalue weighted by atomic mass is 127. The quantitative estimate of drug-likeness (QED) is 0.347. The number of guanidine groups is 1. The molecule has 0 bridgehead atoms. The van der Waals surface area contributed by atoms with Crippen LogP contribution in [0.4, 0.5) is 0 Å². The van der Waals surface area contributed by atoms with Gasteiger partial charge in [-0.25, -0.2) is 12.7 Å². The second-order valence-corrected chi connectivity index (χ2v) is 8.72. The lowest BCUT2D eigenvalue weighted by molar-refractivity contribution is 0.275. The van der Waals surface area contributed by atoms with Gasteiger partial charge in [-0.05, 0) is 36.8 Å². The van der Waals surface area contributed by atoms with Crippen molar-refractivity contribution in [1.29, 1.82) is 0 Å². The third-order valence-corrected chi connectivity index (χ3v) is 6.14. The normalized spacial score (nSPS) is 16.8. The summed E-state index contributed by atoms with van der Waals surface area (Å²) in [5, 5.41) is 7.41. The van der Waals surface area contributed by atoms with E-state index < -0.39 is 10.0 Å². The molecule has 2 rings (SSSR count). The summed E-state index contributed by atoms with van der Waals surface area (Å²) in [7, 11) is -1.31. The number of hydrogen-bond acceptors (Lipinski definition) is 3. The van der Waals surface area contributed by atoms with Gasteiger partial charge in [0.05, 0.1) is 6.26 Å². The SMILES string of the molecule is CN=C(NCCc1ccccc1Cl)NCC1CCN(S(C)(=O)=O)CC1.I. The van der Waals surface area contributed by atoms with Gasteiger partial charge in [-0.3, -0.25) is 4.99 Å². The van der Waals surface area contributed by atoms with E-state index in [1.54, 1.807) is 11.4 Å². The first-order valence-electron chi connectivity index (χ1n) is 8.53.